The van der Waals surface area contributed by atoms with Gasteiger partial charge in [0.1, 0.15) is 10.6 Å². The Kier molecular flexibility index (Phi) is 5.50. The summed E-state index contributed by atoms with van der Waals surface area (Å²) in [6.45, 7) is 0.122. The summed E-state index contributed by atoms with van der Waals surface area (Å²) < 4.78 is 42.2. The third kappa shape index (κ3) is 4.48. The van der Waals surface area contributed by atoms with E-state index in [-0.39, 0.29) is 24.2 Å². The van der Waals surface area contributed by atoms with Crippen molar-refractivity contribution in [3.05, 3.63) is 51.4 Å². The van der Waals surface area contributed by atoms with E-state index in [4.69, 9.17) is 0 Å². The number of nitrogens with zero attached hydrogens (tertiary/aromatic N) is 2. The Balaban J connectivity index is 1.44. The van der Waals surface area contributed by atoms with E-state index in [1.54, 1.807) is 11.3 Å². The quantitative estimate of drug-likeness (QED) is 0.647. The van der Waals surface area contributed by atoms with Gasteiger partial charge in [-0.2, -0.15) is 0 Å². The van der Waals surface area contributed by atoms with E-state index in [1.807, 2.05) is 0 Å². The van der Waals surface area contributed by atoms with Crippen LogP contribution in [0.1, 0.15) is 29.7 Å². The molecule has 0 saturated heterocycles. The number of carbonyl (C=O) groups is 1. The molecule has 0 spiro atoms. The molecular weight excluding hydrogens is 419 g/mol. The van der Waals surface area contributed by atoms with Crippen molar-refractivity contribution in [1.82, 2.24) is 9.55 Å². The average Bonchev–Trinajstić information content (AvgIpc) is 3.06. The molecule has 158 valence electrons. The second-order valence-corrected chi connectivity index (χ2v) is 8.09. The smallest absolute Gasteiger partial charge is 0.406 e. The van der Waals surface area contributed by atoms with Crippen LogP contribution in [0.25, 0.3) is 10.2 Å². The standard InChI is InChI=1S/C20H18F3N3O3S/c21-20(22,23)29-13-5-3-4-12(10-13)25-16(27)8-9-26-11-24-18-17(19(26)28)14-6-1-2-7-15(14)30-18/h3-5,10-11H,1-2,6-9H2,(H,25,27). The molecule has 1 aliphatic rings. The molecule has 0 fully saturated rings. The summed E-state index contributed by atoms with van der Waals surface area (Å²) >= 11 is 1.56. The van der Waals surface area contributed by atoms with Gasteiger partial charge in [0, 0.05) is 29.6 Å². The number of nitrogens with one attached hydrogen (secondary N) is 1. The number of aromatic nitrogens is 2. The van der Waals surface area contributed by atoms with Crippen LogP contribution in [0, 0.1) is 0 Å². The van der Waals surface area contributed by atoms with Crippen LogP contribution in [-0.4, -0.2) is 21.8 Å². The summed E-state index contributed by atoms with van der Waals surface area (Å²) in [6, 6.07) is 5.03. The van der Waals surface area contributed by atoms with Crippen molar-refractivity contribution in [3.63, 3.8) is 0 Å². The molecule has 2 aromatic heterocycles. The molecule has 30 heavy (non-hydrogen) atoms. The molecule has 0 aliphatic heterocycles. The number of halogens is 3. The average molecular weight is 437 g/mol. The number of amides is 1. The van der Waals surface area contributed by atoms with Crippen LogP contribution >= 0.6 is 11.3 Å². The molecule has 0 radical (unpaired) electrons. The Labute approximate surface area is 173 Å². The lowest BCUT2D eigenvalue weighted by molar-refractivity contribution is -0.274. The predicted octanol–water partition coefficient (Wildman–Crippen LogP) is 4.26. The number of carbonyl (C=O) groups excluding carboxylic acids is 1. The highest BCUT2D eigenvalue weighted by Gasteiger charge is 2.31. The fourth-order valence-electron chi connectivity index (χ4n) is 3.56. The van der Waals surface area contributed by atoms with E-state index in [0.717, 1.165) is 48.2 Å². The third-order valence-electron chi connectivity index (χ3n) is 4.87. The second-order valence-electron chi connectivity index (χ2n) is 7.01. The zero-order valence-electron chi connectivity index (χ0n) is 15.8. The van der Waals surface area contributed by atoms with Crippen LogP contribution in [0.3, 0.4) is 0 Å². The maximum Gasteiger partial charge on any atom is 0.573 e. The SMILES string of the molecule is O=C(CCn1cnc2sc3c(c2c1=O)CCCC3)Nc1cccc(OC(F)(F)F)c1. The molecule has 3 aromatic rings. The van der Waals surface area contributed by atoms with Crippen molar-refractivity contribution in [2.75, 3.05) is 5.32 Å². The van der Waals surface area contributed by atoms with Crippen molar-refractivity contribution < 1.29 is 22.7 Å². The highest BCUT2D eigenvalue weighted by atomic mass is 32.1. The highest BCUT2D eigenvalue weighted by molar-refractivity contribution is 7.18. The molecule has 0 bridgehead atoms. The second kappa shape index (κ2) is 8.10. The number of alkyl halides is 3. The Bertz CT molecular complexity index is 1150. The molecule has 4 rings (SSSR count). The van der Waals surface area contributed by atoms with Gasteiger partial charge in [0.2, 0.25) is 5.91 Å². The van der Waals surface area contributed by atoms with Gasteiger partial charge >= 0.3 is 6.36 Å². The fourth-order valence-corrected chi connectivity index (χ4v) is 4.78. The molecule has 2 heterocycles. The summed E-state index contributed by atoms with van der Waals surface area (Å²) in [5.41, 5.74) is 1.10. The van der Waals surface area contributed by atoms with E-state index in [0.29, 0.717) is 5.39 Å². The van der Waals surface area contributed by atoms with E-state index in [2.05, 4.69) is 15.0 Å². The Morgan fingerprint density at radius 1 is 1.27 bits per heavy atom. The van der Waals surface area contributed by atoms with E-state index in [1.165, 1.54) is 27.9 Å². The Morgan fingerprint density at radius 3 is 2.87 bits per heavy atom. The van der Waals surface area contributed by atoms with Crippen LogP contribution in [0.15, 0.2) is 35.4 Å². The summed E-state index contributed by atoms with van der Waals surface area (Å²) in [5.74, 6) is -0.855. The summed E-state index contributed by atoms with van der Waals surface area (Å²) in [5, 5.41) is 3.17. The summed E-state index contributed by atoms with van der Waals surface area (Å²) in [7, 11) is 0. The Morgan fingerprint density at radius 2 is 2.07 bits per heavy atom. The van der Waals surface area contributed by atoms with Crippen LogP contribution in [0.2, 0.25) is 0 Å². The zero-order valence-corrected chi connectivity index (χ0v) is 16.6. The van der Waals surface area contributed by atoms with Crippen molar-refractivity contribution in [3.8, 4) is 5.75 Å². The molecule has 6 nitrogen and oxygen atoms in total. The number of benzene rings is 1. The number of hydrogen-bond donors (Lipinski definition) is 1. The number of ether oxygens (including phenoxy) is 1. The topological polar surface area (TPSA) is 73.2 Å². The predicted molar refractivity (Wildman–Crippen MR) is 107 cm³/mol. The van der Waals surface area contributed by atoms with E-state index < -0.39 is 18.0 Å². The largest absolute Gasteiger partial charge is 0.573 e. The molecule has 1 aromatic carbocycles. The number of aryl methyl sites for hydroxylation is 3. The molecule has 1 N–H and O–H groups in total. The van der Waals surface area contributed by atoms with Gasteiger partial charge in [-0.1, -0.05) is 6.07 Å². The molecule has 10 heteroatoms. The van der Waals surface area contributed by atoms with Gasteiger partial charge in [0.05, 0.1) is 11.7 Å². The minimum atomic E-state index is -4.81. The monoisotopic (exact) mass is 437 g/mol. The lowest BCUT2D eigenvalue weighted by Gasteiger charge is -2.11. The van der Waals surface area contributed by atoms with Crippen molar-refractivity contribution >= 4 is 33.1 Å². The molecular formula is C20H18F3N3O3S. The first-order chi connectivity index (χ1) is 14.3. The van der Waals surface area contributed by atoms with Crippen LogP contribution in [0.4, 0.5) is 18.9 Å². The highest BCUT2D eigenvalue weighted by Crippen LogP contribution is 2.33. The van der Waals surface area contributed by atoms with Crippen molar-refractivity contribution in [2.45, 2.75) is 45.0 Å². The first-order valence-electron chi connectivity index (χ1n) is 9.45. The lowest BCUT2D eigenvalue weighted by Crippen LogP contribution is -2.24. The summed E-state index contributed by atoms with van der Waals surface area (Å²) in [4.78, 5) is 31.4. The van der Waals surface area contributed by atoms with Crippen LogP contribution < -0.4 is 15.6 Å². The van der Waals surface area contributed by atoms with Gasteiger partial charge in [0.15, 0.2) is 0 Å². The van der Waals surface area contributed by atoms with Crippen molar-refractivity contribution in [1.29, 1.82) is 0 Å². The lowest BCUT2D eigenvalue weighted by atomic mass is 9.97. The third-order valence-corrected chi connectivity index (χ3v) is 6.07. The van der Waals surface area contributed by atoms with Gasteiger partial charge in [0.25, 0.3) is 5.56 Å². The zero-order chi connectivity index (χ0) is 21.3. The number of anilines is 1. The Hall–Kier alpha value is -2.88. The molecule has 1 aliphatic carbocycles. The van der Waals surface area contributed by atoms with Crippen LogP contribution in [0.5, 0.6) is 5.75 Å². The number of rotatable bonds is 5. The molecule has 0 saturated carbocycles. The van der Waals surface area contributed by atoms with Crippen molar-refractivity contribution in [2.24, 2.45) is 0 Å². The van der Waals surface area contributed by atoms with E-state index >= 15 is 0 Å². The van der Waals surface area contributed by atoms with Gasteiger partial charge in [-0.15, -0.1) is 24.5 Å². The molecule has 0 unspecified atom stereocenters. The normalized spacial score (nSPS) is 13.8. The minimum Gasteiger partial charge on any atom is -0.406 e. The molecule has 1 amide bonds. The summed E-state index contributed by atoms with van der Waals surface area (Å²) in [6.07, 6.45) is 0.607. The first-order valence-corrected chi connectivity index (χ1v) is 10.3. The van der Waals surface area contributed by atoms with Crippen LogP contribution in [-0.2, 0) is 24.2 Å². The van der Waals surface area contributed by atoms with Gasteiger partial charge in [-0.3, -0.25) is 14.2 Å². The fraction of sp³-hybridized carbons (Fsp3) is 0.350. The maximum absolute atomic E-state index is 12.9. The minimum absolute atomic E-state index is 0.0240. The first kappa shape index (κ1) is 20.4. The number of hydrogen-bond acceptors (Lipinski definition) is 5. The van der Waals surface area contributed by atoms with E-state index in [9.17, 15) is 22.8 Å². The van der Waals surface area contributed by atoms with Gasteiger partial charge < -0.3 is 10.1 Å². The molecule has 0 atom stereocenters. The number of fused-ring (bicyclic) bond motifs is 3. The number of thiophene rings is 1. The van der Waals surface area contributed by atoms with Gasteiger partial charge in [-0.25, -0.2) is 4.98 Å². The van der Waals surface area contributed by atoms with Gasteiger partial charge in [-0.05, 0) is 43.4 Å². The maximum atomic E-state index is 12.9.